The highest BCUT2D eigenvalue weighted by molar-refractivity contribution is 7.99. The summed E-state index contributed by atoms with van der Waals surface area (Å²) in [5.74, 6) is 1.91. The third-order valence-corrected chi connectivity index (χ3v) is 5.76. The van der Waals surface area contributed by atoms with Gasteiger partial charge in [0.25, 0.3) is 5.91 Å². The predicted octanol–water partition coefficient (Wildman–Crippen LogP) is 4.48. The van der Waals surface area contributed by atoms with Gasteiger partial charge in [-0.05, 0) is 50.2 Å². The normalized spacial score (nSPS) is 11.4. The van der Waals surface area contributed by atoms with Crippen molar-refractivity contribution in [3.63, 3.8) is 0 Å². The van der Waals surface area contributed by atoms with Crippen LogP contribution in [0.4, 0.5) is 0 Å². The second-order valence-electron chi connectivity index (χ2n) is 7.20. The van der Waals surface area contributed by atoms with Crippen molar-refractivity contribution in [3.8, 4) is 22.8 Å². The maximum atomic E-state index is 12.4. The lowest BCUT2D eigenvalue weighted by molar-refractivity contribution is -0.118. The Morgan fingerprint density at radius 3 is 2.55 bits per heavy atom. The van der Waals surface area contributed by atoms with E-state index in [0.29, 0.717) is 22.5 Å². The zero-order chi connectivity index (χ0) is 23.2. The molecule has 0 aliphatic rings. The maximum Gasteiger partial charge on any atom is 0.250 e. The summed E-state index contributed by atoms with van der Waals surface area (Å²) < 4.78 is 12.5. The molecule has 8 nitrogen and oxygen atoms in total. The molecular formula is C24H23N5O3S. The summed E-state index contributed by atoms with van der Waals surface area (Å²) >= 11 is 1.28. The maximum absolute atomic E-state index is 12.4. The Kier molecular flexibility index (Phi) is 6.89. The average Bonchev–Trinajstić information content (AvgIpc) is 3.52. The summed E-state index contributed by atoms with van der Waals surface area (Å²) in [5, 5.41) is 13.5. The minimum atomic E-state index is -0.257. The molecule has 33 heavy (non-hydrogen) atoms. The van der Waals surface area contributed by atoms with Crippen molar-refractivity contribution in [2.75, 3.05) is 12.9 Å². The SMILES string of the molecule is COc1ccc(-n2c(SCC(=O)NN=C(C)c3ccco3)nnc2-c2ccc(C)cc2)cc1. The minimum Gasteiger partial charge on any atom is -0.497 e. The third kappa shape index (κ3) is 5.32. The number of amides is 1. The fourth-order valence-corrected chi connectivity index (χ4v) is 3.81. The molecule has 0 saturated heterocycles. The number of hydrogen-bond acceptors (Lipinski definition) is 7. The van der Waals surface area contributed by atoms with Crippen LogP contribution in [0.25, 0.3) is 17.1 Å². The number of carbonyl (C=O) groups excluding carboxylic acids is 1. The second kappa shape index (κ2) is 10.2. The van der Waals surface area contributed by atoms with Gasteiger partial charge in [-0.15, -0.1) is 10.2 Å². The lowest BCUT2D eigenvalue weighted by atomic mass is 10.1. The summed E-state index contributed by atoms with van der Waals surface area (Å²) in [6, 6.07) is 19.2. The highest BCUT2D eigenvalue weighted by Gasteiger charge is 2.17. The molecule has 0 saturated carbocycles. The van der Waals surface area contributed by atoms with E-state index in [0.717, 1.165) is 22.6 Å². The first kappa shape index (κ1) is 22.3. The topological polar surface area (TPSA) is 94.5 Å². The van der Waals surface area contributed by atoms with Crippen molar-refractivity contribution < 1.29 is 13.9 Å². The Bertz CT molecular complexity index is 1250. The summed E-state index contributed by atoms with van der Waals surface area (Å²) in [7, 11) is 1.63. The molecule has 2 aromatic carbocycles. The number of thioether (sulfide) groups is 1. The number of hydrogen-bond donors (Lipinski definition) is 1. The number of benzene rings is 2. The monoisotopic (exact) mass is 461 g/mol. The molecule has 0 bridgehead atoms. The molecule has 0 radical (unpaired) electrons. The molecule has 0 fully saturated rings. The van der Waals surface area contributed by atoms with E-state index in [1.165, 1.54) is 11.8 Å². The predicted molar refractivity (Wildman–Crippen MR) is 128 cm³/mol. The van der Waals surface area contributed by atoms with Crippen molar-refractivity contribution >= 4 is 23.4 Å². The van der Waals surface area contributed by atoms with Crippen LogP contribution in [-0.2, 0) is 4.79 Å². The zero-order valence-corrected chi connectivity index (χ0v) is 19.3. The van der Waals surface area contributed by atoms with Crippen LogP contribution in [0.15, 0.2) is 81.6 Å². The Morgan fingerprint density at radius 1 is 1.12 bits per heavy atom. The van der Waals surface area contributed by atoms with Crippen LogP contribution in [0.1, 0.15) is 18.2 Å². The summed E-state index contributed by atoms with van der Waals surface area (Å²) in [5.41, 5.74) is 6.09. The van der Waals surface area contributed by atoms with E-state index in [-0.39, 0.29) is 11.7 Å². The van der Waals surface area contributed by atoms with Gasteiger partial charge in [-0.1, -0.05) is 41.6 Å². The number of ether oxygens (including phenoxy) is 1. The van der Waals surface area contributed by atoms with Gasteiger partial charge in [-0.25, -0.2) is 5.43 Å². The van der Waals surface area contributed by atoms with Gasteiger partial charge in [0.05, 0.1) is 19.1 Å². The first-order valence-corrected chi connectivity index (χ1v) is 11.2. The van der Waals surface area contributed by atoms with Gasteiger partial charge < -0.3 is 9.15 Å². The fourth-order valence-electron chi connectivity index (χ4n) is 3.07. The average molecular weight is 462 g/mol. The number of aryl methyl sites for hydroxylation is 1. The van der Waals surface area contributed by atoms with E-state index >= 15 is 0 Å². The van der Waals surface area contributed by atoms with Crippen LogP contribution in [0.5, 0.6) is 5.75 Å². The van der Waals surface area contributed by atoms with Gasteiger partial charge in [-0.2, -0.15) is 5.10 Å². The van der Waals surface area contributed by atoms with Gasteiger partial charge in [-0.3, -0.25) is 9.36 Å². The van der Waals surface area contributed by atoms with Gasteiger partial charge in [0, 0.05) is 11.3 Å². The number of rotatable bonds is 8. The first-order chi connectivity index (χ1) is 16.0. The summed E-state index contributed by atoms with van der Waals surface area (Å²) in [4.78, 5) is 12.4. The highest BCUT2D eigenvalue weighted by atomic mass is 32.2. The molecule has 1 N–H and O–H groups in total. The Hall–Kier alpha value is -3.85. The van der Waals surface area contributed by atoms with E-state index in [1.54, 1.807) is 32.4 Å². The number of hydrazone groups is 1. The lowest BCUT2D eigenvalue weighted by Crippen LogP contribution is -2.21. The van der Waals surface area contributed by atoms with Crippen LogP contribution < -0.4 is 10.2 Å². The molecule has 1 amide bonds. The molecule has 0 aliphatic carbocycles. The number of methoxy groups -OCH3 is 1. The number of nitrogens with one attached hydrogen (secondary N) is 1. The van der Waals surface area contributed by atoms with Crippen LogP contribution in [0.2, 0.25) is 0 Å². The standard InChI is InChI=1S/C24H23N5O3S/c1-16-6-8-18(9-7-16)23-27-28-24(29(23)19-10-12-20(31-3)13-11-19)33-15-22(30)26-25-17(2)21-5-4-14-32-21/h4-14H,15H2,1-3H3,(H,26,30). The number of nitrogens with zero attached hydrogens (tertiary/aromatic N) is 4. The molecule has 2 aromatic heterocycles. The van der Waals surface area contributed by atoms with Crippen LogP contribution in [0.3, 0.4) is 0 Å². The van der Waals surface area contributed by atoms with E-state index in [4.69, 9.17) is 9.15 Å². The largest absolute Gasteiger partial charge is 0.497 e. The molecule has 0 spiro atoms. The van der Waals surface area contributed by atoms with Crippen molar-refractivity contribution in [2.24, 2.45) is 5.10 Å². The first-order valence-electron chi connectivity index (χ1n) is 10.2. The van der Waals surface area contributed by atoms with Gasteiger partial charge in [0.1, 0.15) is 17.2 Å². The van der Waals surface area contributed by atoms with Gasteiger partial charge >= 0.3 is 0 Å². The van der Waals surface area contributed by atoms with E-state index in [9.17, 15) is 4.79 Å². The Balaban J connectivity index is 1.56. The molecule has 4 rings (SSSR count). The van der Waals surface area contributed by atoms with Crippen LogP contribution >= 0.6 is 11.8 Å². The molecule has 4 aromatic rings. The van der Waals surface area contributed by atoms with Crippen molar-refractivity contribution in [1.82, 2.24) is 20.2 Å². The van der Waals surface area contributed by atoms with Crippen molar-refractivity contribution in [1.29, 1.82) is 0 Å². The minimum absolute atomic E-state index is 0.122. The van der Waals surface area contributed by atoms with Crippen LogP contribution in [0, 0.1) is 6.92 Å². The van der Waals surface area contributed by atoms with Crippen molar-refractivity contribution in [2.45, 2.75) is 19.0 Å². The molecule has 0 atom stereocenters. The quantitative estimate of drug-likeness (QED) is 0.236. The molecule has 0 unspecified atom stereocenters. The van der Waals surface area contributed by atoms with Gasteiger partial charge in [0.15, 0.2) is 11.0 Å². The molecule has 168 valence electrons. The van der Waals surface area contributed by atoms with E-state index < -0.39 is 0 Å². The Labute approximate surface area is 195 Å². The summed E-state index contributed by atoms with van der Waals surface area (Å²) in [6.45, 7) is 3.80. The second-order valence-corrected chi connectivity index (χ2v) is 8.15. The van der Waals surface area contributed by atoms with E-state index in [1.807, 2.05) is 60.0 Å². The molecule has 0 aliphatic heterocycles. The smallest absolute Gasteiger partial charge is 0.250 e. The number of aromatic nitrogens is 3. The number of carbonyl (C=O) groups is 1. The fraction of sp³-hybridized carbons (Fsp3) is 0.167. The van der Waals surface area contributed by atoms with E-state index in [2.05, 4.69) is 20.7 Å². The molecular weight excluding hydrogens is 438 g/mol. The molecule has 9 heteroatoms. The highest BCUT2D eigenvalue weighted by Crippen LogP contribution is 2.29. The zero-order valence-electron chi connectivity index (χ0n) is 18.5. The third-order valence-electron chi connectivity index (χ3n) is 4.83. The lowest BCUT2D eigenvalue weighted by Gasteiger charge is -2.11. The Morgan fingerprint density at radius 2 is 1.88 bits per heavy atom. The van der Waals surface area contributed by atoms with Crippen molar-refractivity contribution in [3.05, 3.63) is 78.3 Å². The number of furan rings is 1. The molecule has 2 heterocycles. The van der Waals surface area contributed by atoms with Gasteiger partial charge in [0.2, 0.25) is 0 Å². The summed E-state index contributed by atoms with van der Waals surface area (Å²) in [6.07, 6.45) is 1.56. The van der Waals surface area contributed by atoms with Crippen LogP contribution in [-0.4, -0.2) is 39.2 Å².